The second-order valence-corrected chi connectivity index (χ2v) is 9.26. The Morgan fingerprint density at radius 1 is 0.939 bits per heavy atom. The number of benzene rings is 3. The summed E-state index contributed by atoms with van der Waals surface area (Å²) in [7, 11) is 5.75. The lowest BCUT2D eigenvalue weighted by Gasteiger charge is -2.32. The largest absolute Gasteiger partial charge is 0.497 e. The molecule has 4 nitrogen and oxygen atoms in total. The first-order valence-corrected chi connectivity index (χ1v) is 11.7. The molecule has 0 heterocycles. The van der Waals surface area contributed by atoms with Gasteiger partial charge in [0, 0.05) is 25.5 Å². The van der Waals surface area contributed by atoms with Crippen molar-refractivity contribution in [2.45, 2.75) is 45.6 Å². The number of anilines is 2. The van der Waals surface area contributed by atoms with Gasteiger partial charge in [0.1, 0.15) is 5.75 Å². The van der Waals surface area contributed by atoms with Gasteiger partial charge in [0.25, 0.3) is 0 Å². The third-order valence-electron chi connectivity index (χ3n) is 6.83. The number of aryl methyl sites for hydroxylation is 3. The summed E-state index contributed by atoms with van der Waals surface area (Å²) in [5, 5.41) is 0. The molecule has 1 atom stereocenters. The third-order valence-corrected chi connectivity index (χ3v) is 6.83. The van der Waals surface area contributed by atoms with Crippen molar-refractivity contribution >= 4 is 17.3 Å². The Morgan fingerprint density at radius 2 is 1.67 bits per heavy atom. The van der Waals surface area contributed by atoms with Crippen molar-refractivity contribution in [1.82, 2.24) is 0 Å². The quantitative estimate of drug-likeness (QED) is 0.467. The predicted octanol–water partition coefficient (Wildman–Crippen LogP) is 6.03. The van der Waals surface area contributed by atoms with Crippen LogP contribution in [0.25, 0.3) is 0 Å². The van der Waals surface area contributed by atoms with Crippen molar-refractivity contribution in [2.75, 3.05) is 31.0 Å². The molecular weight excluding hydrogens is 408 g/mol. The number of hydrogen-bond acceptors (Lipinski definition) is 3. The standard InChI is InChI=1S/C29H34N2O2/c1-20-9-13-25(17-21(20)2)31(19-22-10-14-24(15-11-22)30(3)4)29(32)27-8-6-7-23-12-16-26(33-5)18-28(23)27/h9-18,27H,6-8,19H2,1-5H3. The highest BCUT2D eigenvalue weighted by Gasteiger charge is 2.31. The SMILES string of the molecule is COc1ccc2c(c1)C(C(=O)N(Cc1ccc(N(C)C)cc1)c1ccc(C)c(C)c1)CCC2. The zero-order chi connectivity index (χ0) is 23.5. The number of methoxy groups -OCH3 is 1. The van der Waals surface area contributed by atoms with E-state index in [1.54, 1.807) is 7.11 Å². The summed E-state index contributed by atoms with van der Waals surface area (Å²) in [6, 6.07) is 21.0. The number of amides is 1. The highest BCUT2D eigenvalue weighted by Crippen LogP contribution is 2.37. The number of hydrogen-bond donors (Lipinski definition) is 0. The maximum absolute atomic E-state index is 14.1. The van der Waals surface area contributed by atoms with Crippen LogP contribution in [-0.4, -0.2) is 27.1 Å². The Kier molecular flexibility index (Phi) is 6.73. The average Bonchev–Trinajstić information content (AvgIpc) is 2.83. The van der Waals surface area contributed by atoms with Crippen molar-refractivity contribution in [3.63, 3.8) is 0 Å². The van der Waals surface area contributed by atoms with Gasteiger partial charge in [0.2, 0.25) is 5.91 Å². The van der Waals surface area contributed by atoms with Gasteiger partial charge in [-0.05, 0) is 97.3 Å². The molecule has 0 radical (unpaired) electrons. The number of rotatable bonds is 6. The normalized spacial score (nSPS) is 15.0. The molecule has 172 valence electrons. The van der Waals surface area contributed by atoms with E-state index in [1.807, 2.05) is 25.1 Å². The lowest BCUT2D eigenvalue weighted by molar-refractivity contribution is -0.120. The van der Waals surface area contributed by atoms with Crippen LogP contribution in [0.5, 0.6) is 5.75 Å². The number of ether oxygens (including phenoxy) is 1. The molecule has 0 fully saturated rings. The number of carbonyl (C=O) groups is 1. The zero-order valence-corrected chi connectivity index (χ0v) is 20.4. The van der Waals surface area contributed by atoms with Crippen molar-refractivity contribution in [3.05, 3.63) is 88.5 Å². The molecule has 1 unspecified atom stereocenters. The third kappa shape index (κ3) is 4.90. The molecule has 1 aliphatic rings. The summed E-state index contributed by atoms with van der Waals surface area (Å²) in [6.45, 7) is 4.76. The summed E-state index contributed by atoms with van der Waals surface area (Å²) in [5.74, 6) is 0.807. The molecule has 3 aromatic carbocycles. The van der Waals surface area contributed by atoms with Gasteiger partial charge in [-0.15, -0.1) is 0 Å². The fourth-order valence-corrected chi connectivity index (χ4v) is 4.62. The van der Waals surface area contributed by atoms with Crippen LogP contribution in [-0.2, 0) is 17.8 Å². The van der Waals surface area contributed by atoms with E-state index in [4.69, 9.17) is 4.74 Å². The molecule has 3 aromatic rings. The van der Waals surface area contributed by atoms with E-state index >= 15 is 0 Å². The monoisotopic (exact) mass is 442 g/mol. The first kappa shape index (κ1) is 22.9. The number of carbonyl (C=O) groups excluding carboxylic acids is 1. The van der Waals surface area contributed by atoms with Crippen molar-refractivity contribution in [2.24, 2.45) is 0 Å². The molecule has 0 bridgehead atoms. The van der Waals surface area contributed by atoms with Gasteiger partial charge in [0.05, 0.1) is 19.6 Å². The van der Waals surface area contributed by atoms with Gasteiger partial charge in [-0.1, -0.05) is 24.3 Å². The Balaban J connectivity index is 1.72. The number of nitrogens with zero attached hydrogens (tertiary/aromatic N) is 2. The van der Waals surface area contributed by atoms with Crippen molar-refractivity contribution in [1.29, 1.82) is 0 Å². The summed E-state index contributed by atoms with van der Waals surface area (Å²) in [4.78, 5) is 18.2. The lowest BCUT2D eigenvalue weighted by Crippen LogP contribution is -2.36. The van der Waals surface area contributed by atoms with E-state index in [-0.39, 0.29) is 11.8 Å². The van der Waals surface area contributed by atoms with Crippen LogP contribution in [0.1, 0.15) is 46.6 Å². The minimum Gasteiger partial charge on any atom is -0.497 e. The topological polar surface area (TPSA) is 32.8 Å². The molecular formula is C29H34N2O2. The van der Waals surface area contributed by atoms with E-state index in [0.29, 0.717) is 6.54 Å². The van der Waals surface area contributed by atoms with E-state index in [0.717, 1.165) is 47.5 Å². The van der Waals surface area contributed by atoms with Crippen LogP contribution in [0.3, 0.4) is 0 Å². The van der Waals surface area contributed by atoms with Gasteiger partial charge in [-0.2, -0.15) is 0 Å². The maximum Gasteiger partial charge on any atom is 0.234 e. The van der Waals surface area contributed by atoms with Gasteiger partial charge in [-0.25, -0.2) is 0 Å². The Bertz CT molecular complexity index is 1130. The second kappa shape index (κ2) is 9.70. The van der Waals surface area contributed by atoms with Gasteiger partial charge in [0.15, 0.2) is 0 Å². The molecule has 0 N–H and O–H groups in total. The van der Waals surface area contributed by atoms with Crippen LogP contribution in [0.2, 0.25) is 0 Å². The molecule has 4 rings (SSSR count). The molecule has 0 saturated heterocycles. The number of fused-ring (bicyclic) bond motifs is 1. The molecule has 0 aliphatic heterocycles. The highest BCUT2D eigenvalue weighted by molar-refractivity contribution is 5.98. The first-order valence-electron chi connectivity index (χ1n) is 11.7. The average molecular weight is 443 g/mol. The van der Waals surface area contributed by atoms with Crippen LogP contribution in [0.15, 0.2) is 60.7 Å². The van der Waals surface area contributed by atoms with E-state index in [9.17, 15) is 4.79 Å². The Labute approximate surface area is 197 Å². The van der Waals surface area contributed by atoms with E-state index in [1.165, 1.54) is 16.7 Å². The van der Waals surface area contributed by atoms with Gasteiger partial charge >= 0.3 is 0 Å². The molecule has 0 aromatic heterocycles. The minimum atomic E-state index is -0.161. The Hall–Kier alpha value is -3.27. The van der Waals surface area contributed by atoms with Crippen molar-refractivity contribution in [3.8, 4) is 5.75 Å². The molecule has 33 heavy (non-hydrogen) atoms. The lowest BCUT2D eigenvalue weighted by atomic mass is 9.81. The fraction of sp³-hybridized carbons (Fsp3) is 0.345. The smallest absolute Gasteiger partial charge is 0.234 e. The molecule has 0 spiro atoms. The van der Waals surface area contributed by atoms with Crippen LogP contribution >= 0.6 is 0 Å². The summed E-state index contributed by atoms with van der Waals surface area (Å²) in [5.41, 5.74) is 8.02. The van der Waals surface area contributed by atoms with E-state index < -0.39 is 0 Å². The van der Waals surface area contributed by atoms with Gasteiger partial charge < -0.3 is 14.5 Å². The summed E-state index contributed by atoms with van der Waals surface area (Å²) < 4.78 is 5.48. The van der Waals surface area contributed by atoms with Crippen LogP contribution < -0.4 is 14.5 Å². The molecule has 4 heteroatoms. The summed E-state index contributed by atoms with van der Waals surface area (Å²) in [6.07, 6.45) is 2.90. The minimum absolute atomic E-state index is 0.157. The summed E-state index contributed by atoms with van der Waals surface area (Å²) >= 11 is 0. The maximum atomic E-state index is 14.1. The molecule has 0 saturated carbocycles. The molecule has 1 aliphatic carbocycles. The predicted molar refractivity (Wildman–Crippen MR) is 137 cm³/mol. The van der Waals surface area contributed by atoms with Crippen LogP contribution in [0.4, 0.5) is 11.4 Å². The second-order valence-electron chi connectivity index (χ2n) is 9.26. The van der Waals surface area contributed by atoms with Crippen molar-refractivity contribution < 1.29 is 9.53 Å². The Morgan fingerprint density at radius 3 is 2.33 bits per heavy atom. The van der Waals surface area contributed by atoms with Gasteiger partial charge in [-0.3, -0.25) is 4.79 Å². The zero-order valence-electron chi connectivity index (χ0n) is 20.4. The van der Waals surface area contributed by atoms with E-state index in [2.05, 4.69) is 73.3 Å². The fourth-order valence-electron chi connectivity index (χ4n) is 4.62. The highest BCUT2D eigenvalue weighted by atomic mass is 16.5. The van der Waals surface area contributed by atoms with Crippen LogP contribution in [0, 0.1) is 13.8 Å². The molecule has 1 amide bonds. The first-order chi connectivity index (χ1) is 15.9.